The topological polar surface area (TPSA) is 28.2 Å². The van der Waals surface area contributed by atoms with Crippen LogP contribution in [-0.2, 0) is 6.54 Å². The highest BCUT2D eigenvalue weighted by Gasteiger charge is 2.22. The van der Waals surface area contributed by atoms with Crippen LogP contribution in [0.25, 0.3) is 0 Å². The van der Waals surface area contributed by atoms with Crippen LogP contribution in [0.3, 0.4) is 0 Å². The molecule has 22 heavy (non-hydrogen) atoms. The molecule has 1 atom stereocenters. The Balaban J connectivity index is 1.56. The van der Waals surface area contributed by atoms with E-state index in [1.165, 1.54) is 0 Å². The van der Waals surface area contributed by atoms with Gasteiger partial charge in [0.2, 0.25) is 0 Å². The van der Waals surface area contributed by atoms with Crippen molar-refractivity contribution in [3.05, 3.63) is 57.3 Å². The number of benzene rings is 1. The number of aromatic nitrogens is 1. The molecule has 0 amide bonds. The van der Waals surface area contributed by atoms with Crippen molar-refractivity contribution in [3.63, 3.8) is 0 Å². The molecule has 1 saturated heterocycles. The van der Waals surface area contributed by atoms with Gasteiger partial charge in [-0.3, -0.25) is 0 Å². The van der Waals surface area contributed by atoms with Crippen molar-refractivity contribution >= 4 is 40.5 Å². The van der Waals surface area contributed by atoms with Crippen LogP contribution in [0, 0.1) is 0 Å². The summed E-state index contributed by atoms with van der Waals surface area (Å²) in [4.78, 5) is 6.45. The molecule has 1 aliphatic rings. The minimum absolute atomic E-state index is 0.433. The Bertz CT molecular complexity index is 646. The maximum Gasteiger partial charge on any atom is 0.129 e. The number of hydrogen-bond donors (Lipinski definition) is 1. The molecule has 116 valence electrons. The van der Waals surface area contributed by atoms with Gasteiger partial charge in [0, 0.05) is 35.7 Å². The fourth-order valence-corrected chi connectivity index (χ4v) is 3.22. The molecular weight excluding hydrogens is 341 g/mol. The molecule has 1 aliphatic heterocycles. The lowest BCUT2D eigenvalue weighted by Crippen LogP contribution is -2.32. The van der Waals surface area contributed by atoms with Gasteiger partial charge in [0.05, 0.1) is 11.9 Å². The largest absolute Gasteiger partial charge is 0.369 e. The van der Waals surface area contributed by atoms with E-state index in [0.29, 0.717) is 21.2 Å². The van der Waals surface area contributed by atoms with E-state index in [0.717, 1.165) is 37.3 Å². The normalized spacial score (nSPS) is 18.0. The molecule has 0 bridgehead atoms. The van der Waals surface area contributed by atoms with E-state index in [9.17, 15) is 0 Å². The summed E-state index contributed by atoms with van der Waals surface area (Å²) < 4.78 is 0. The molecular formula is C16H16Cl3N3. The van der Waals surface area contributed by atoms with E-state index >= 15 is 0 Å². The van der Waals surface area contributed by atoms with Gasteiger partial charge < -0.3 is 10.2 Å². The minimum atomic E-state index is 0.433. The summed E-state index contributed by atoms with van der Waals surface area (Å²) in [6.45, 7) is 2.71. The van der Waals surface area contributed by atoms with E-state index in [2.05, 4.69) is 15.2 Å². The number of rotatable bonds is 4. The number of hydrogen-bond acceptors (Lipinski definition) is 3. The molecule has 2 heterocycles. The van der Waals surface area contributed by atoms with Crippen LogP contribution < -0.4 is 10.2 Å². The number of anilines is 1. The van der Waals surface area contributed by atoms with Crippen molar-refractivity contribution in [2.75, 3.05) is 18.0 Å². The molecule has 1 N–H and O–H groups in total. The molecule has 3 rings (SSSR count). The number of halogens is 3. The average Bonchev–Trinajstić information content (AvgIpc) is 2.96. The predicted molar refractivity (Wildman–Crippen MR) is 93.2 cm³/mol. The van der Waals surface area contributed by atoms with E-state index in [-0.39, 0.29) is 0 Å². The Kier molecular flexibility index (Phi) is 5.09. The second kappa shape index (κ2) is 7.05. The van der Waals surface area contributed by atoms with Gasteiger partial charge in [0.15, 0.2) is 0 Å². The SMILES string of the molecule is Clc1ccc(CNC2CCN(c3ccc(Cl)nc3)C2)c(Cl)c1. The lowest BCUT2D eigenvalue weighted by Gasteiger charge is -2.19. The lowest BCUT2D eigenvalue weighted by molar-refractivity contribution is 0.551. The van der Waals surface area contributed by atoms with Gasteiger partial charge in [0.1, 0.15) is 5.15 Å². The number of pyridine rings is 1. The Morgan fingerprint density at radius 3 is 2.77 bits per heavy atom. The van der Waals surface area contributed by atoms with Crippen LogP contribution in [0.1, 0.15) is 12.0 Å². The molecule has 1 aromatic carbocycles. The zero-order valence-corrected chi connectivity index (χ0v) is 14.2. The summed E-state index contributed by atoms with van der Waals surface area (Å²) in [5, 5.41) is 5.45. The van der Waals surface area contributed by atoms with Gasteiger partial charge in [-0.25, -0.2) is 4.98 Å². The molecule has 1 aromatic heterocycles. The van der Waals surface area contributed by atoms with E-state index in [1.807, 2.05) is 30.5 Å². The maximum absolute atomic E-state index is 6.20. The van der Waals surface area contributed by atoms with Gasteiger partial charge in [-0.05, 0) is 36.2 Å². The Morgan fingerprint density at radius 2 is 2.05 bits per heavy atom. The summed E-state index contributed by atoms with van der Waals surface area (Å²) in [5.74, 6) is 0. The maximum atomic E-state index is 6.20. The quantitative estimate of drug-likeness (QED) is 0.822. The highest BCUT2D eigenvalue weighted by atomic mass is 35.5. The van der Waals surface area contributed by atoms with Crippen LogP contribution in [0.4, 0.5) is 5.69 Å². The highest BCUT2D eigenvalue weighted by molar-refractivity contribution is 6.35. The zero-order valence-electron chi connectivity index (χ0n) is 11.9. The summed E-state index contributed by atoms with van der Waals surface area (Å²) >= 11 is 17.9. The van der Waals surface area contributed by atoms with Gasteiger partial charge in [-0.1, -0.05) is 40.9 Å². The first-order valence-corrected chi connectivity index (χ1v) is 8.29. The third-order valence-corrected chi connectivity index (χ3v) is 4.67. The summed E-state index contributed by atoms with van der Waals surface area (Å²) in [7, 11) is 0. The van der Waals surface area contributed by atoms with Crippen molar-refractivity contribution in [3.8, 4) is 0 Å². The predicted octanol–water partition coefficient (Wildman–Crippen LogP) is 4.41. The third kappa shape index (κ3) is 3.85. The molecule has 1 fully saturated rings. The molecule has 0 saturated carbocycles. The molecule has 6 heteroatoms. The summed E-state index contributed by atoms with van der Waals surface area (Å²) in [6.07, 6.45) is 2.91. The first-order valence-electron chi connectivity index (χ1n) is 7.15. The number of nitrogens with one attached hydrogen (secondary N) is 1. The second-order valence-corrected chi connectivity index (χ2v) is 6.62. The van der Waals surface area contributed by atoms with Crippen molar-refractivity contribution in [1.82, 2.24) is 10.3 Å². The lowest BCUT2D eigenvalue weighted by atomic mass is 10.2. The molecule has 0 spiro atoms. The van der Waals surface area contributed by atoms with E-state index in [4.69, 9.17) is 34.8 Å². The first kappa shape index (κ1) is 15.9. The van der Waals surface area contributed by atoms with Gasteiger partial charge >= 0.3 is 0 Å². The van der Waals surface area contributed by atoms with Crippen LogP contribution in [0.15, 0.2) is 36.5 Å². The Hall–Kier alpha value is -1.00. The molecule has 1 unspecified atom stereocenters. The monoisotopic (exact) mass is 355 g/mol. The fourth-order valence-electron chi connectivity index (χ4n) is 2.64. The second-order valence-electron chi connectivity index (χ2n) is 5.39. The molecule has 0 radical (unpaired) electrons. The average molecular weight is 357 g/mol. The smallest absolute Gasteiger partial charge is 0.129 e. The van der Waals surface area contributed by atoms with Crippen LogP contribution >= 0.6 is 34.8 Å². The zero-order chi connectivity index (χ0) is 15.5. The Morgan fingerprint density at radius 1 is 1.18 bits per heavy atom. The van der Waals surface area contributed by atoms with Crippen molar-refractivity contribution in [2.24, 2.45) is 0 Å². The number of nitrogens with zero attached hydrogens (tertiary/aromatic N) is 2. The summed E-state index contributed by atoms with van der Waals surface area (Å²) in [5.41, 5.74) is 2.18. The Labute approximate surface area is 145 Å². The van der Waals surface area contributed by atoms with Crippen LogP contribution in [-0.4, -0.2) is 24.1 Å². The fraction of sp³-hybridized carbons (Fsp3) is 0.312. The minimum Gasteiger partial charge on any atom is -0.369 e. The van der Waals surface area contributed by atoms with Crippen molar-refractivity contribution < 1.29 is 0 Å². The van der Waals surface area contributed by atoms with Crippen LogP contribution in [0.5, 0.6) is 0 Å². The van der Waals surface area contributed by atoms with Gasteiger partial charge in [0.25, 0.3) is 0 Å². The highest BCUT2D eigenvalue weighted by Crippen LogP contribution is 2.23. The van der Waals surface area contributed by atoms with E-state index in [1.54, 1.807) is 6.07 Å². The first-order chi connectivity index (χ1) is 10.6. The molecule has 3 nitrogen and oxygen atoms in total. The van der Waals surface area contributed by atoms with Gasteiger partial charge in [-0.15, -0.1) is 0 Å². The van der Waals surface area contributed by atoms with Gasteiger partial charge in [-0.2, -0.15) is 0 Å². The standard InChI is InChI=1S/C16H16Cl3N3/c17-12-2-1-11(15(18)7-12)8-20-13-5-6-22(10-13)14-3-4-16(19)21-9-14/h1-4,7,9,13,20H,5-6,8,10H2. The van der Waals surface area contributed by atoms with E-state index < -0.39 is 0 Å². The third-order valence-electron chi connectivity index (χ3n) is 3.86. The molecule has 2 aromatic rings. The van der Waals surface area contributed by atoms with Crippen molar-refractivity contribution in [2.45, 2.75) is 19.0 Å². The summed E-state index contributed by atoms with van der Waals surface area (Å²) in [6, 6.07) is 9.87. The molecule has 0 aliphatic carbocycles. The van der Waals surface area contributed by atoms with Crippen molar-refractivity contribution in [1.29, 1.82) is 0 Å². The van der Waals surface area contributed by atoms with Crippen LogP contribution in [0.2, 0.25) is 15.2 Å².